The Balaban J connectivity index is 0.000000136. The van der Waals surface area contributed by atoms with Crippen LogP contribution in [0.4, 0.5) is 31.8 Å². The van der Waals surface area contributed by atoms with Crippen LogP contribution in [-0.4, -0.2) is 190 Å². The van der Waals surface area contributed by atoms with Crippen LogP contribution in [0.1, 0.15) is 160 Å². The molecule has 6 aliphatic rings. The molecule has 3 aromatic carbocycles. The monoisotopic (exact) mass is 1700 g/mol. The molecule has 122 heavy (non-hydrogen) atoms. The Bertz CT molecular complexity index is 5470. The molecule has 9 aromatic heterocycles. The van der Waals surface area contributed by atoms with Crippen LogP contribution < -0.4 is 31.9 Å². The molecule has 0 radical (unpaired) electrons. The van der Waals surface area contributed by atoms with E-state index in [0.29, 0.717) is 114 Å². The van der Waals surface area contributed by atoms with Crippen molar-refractivity contribution in [3.8, 4) is 0 Å². The van der Waals surface area contributed by atoms with Gasteiger partial charge in [0.1, 0.15) is 59.3 Å². The molecule has 1 saturated carbocycles. The van der Waals surface area contributed by atoms with E-state index in [1.165, 1.54) is 47.9 Å². The number of aryl methyl sites for hydroxylation is 3. The zero-order chi connectivity index (χ0) is 84.3. The zero-order valence-electron chi connectivity index (χ0n) is 66.3. The Morgan fingerprint density at radius 1 is 0.459 bits per heavy atom. The molecule has 5 saturated heterocycles. The van der Waals surface area contributed by atoms with E-state index in [2.05, 4.69) is 81.7 Å². The van der Waals surface area contributed by atoms with Crippen molar-refractivity contribution in [2.24, 2.45) is 5.92 Å². The number of hydrogen-bond acceptors (Lipinski definition) is 25. The third-order valence-corrected chi connectivity index (χ3v) is 23.8. The molecule has 12 unspecified atom stereocenters. The summed E-state index contributed by atoms with van der Waals surface area (Å²) < 4.78 is 57.2. The lowest BCUT2D eigenvalue weighted by Gasteiger charge is -2.21. The fraction of sp³-hybridized carbons (Fsp3) is 0.369. The number of carbonyl (C=O) groups is 6. The van der Waals surface area contributed by atoms with Gasteiger partial charge in [-0.3, -0.25) is 25.1 Å². The second kappa shape index (κ2) is 38.1. The predicted octanol–water partition coefficient (Wildman–Crippen LogP) is 12.7. The number of nitrogens with one attached hydrogen (secondary N) is 7. The number of aromatic carboxylic acids is 3. The second-order valence-corrected chi connectivity index (χ2v) is 31.4. The Hall–Kier alpha value is -12.4. The Morgan fingerprint density at radius 3 is 1.34 bits per heavy atom. The summed E-state index contributed by atoms with van der Waals surface area (Å²) in [7, 11) is 0. The van der Waals surface area contributed by atoms with Crippen molar-refractivity contribution < 1.29 is 82.0 Å². The highest BCUT2D eigenvalue weighted by Gasteiger charge is 2.56. The van der Waals surface area contributed by atoms with Crippen molar-refractivity contribution in [1.29, 1.82) is 0 Å². The van der Waals surface area contributed by atoms with Gasteiger partial charge in [0.05, 0.1) is 48.9 Å². The van der Waals surface area contributed by atoms with Crippen LogP contribution in [0.3, 0.4) is 0 Å². The highest BCUT2D eigenvalue weighted by Crippen LogP contribution is 2.50. The zero-order valence-corrected chi connectivity index (χ0v) is 68.0. The summed E-state index contributed by atoms with van der Waals surface area (Å²) in [6.45, 7) is 6.92. The number of thiophene rings is 2. The molecule has 15 atom stereocenters. The quantitative estimate of drug-likeness (QED) is 0.0218. The Morgan fingerprint density at radius 2 is 0.885 bits per heavy atom. The average Bonchev–Trinajstić information content (AvgIpc) is 1.60. The van der Waals surface area contributed by atoms with Gasteiger partial charge in [-0.1, -0.05) is 97.1 Å². The van der Waals surface area contributed by atoms with Gasteiger partial charge in [0.25, 0.3) is 0 Å². The fourth-order valence-electron chi connectivity index (χ4n) is 16.4. The third-order valence-electron chi connectivity index (χ3n) is 21.9. The number of H-pyrrole nitrogens is 1. The lowest BCUT2D eigenvalue weighted by atomic mass is 9.96. The molecule has 0 bridgehead atoms. The molecule has 6 amide bonds. The number of carboxylic acid groups (broad SMARTS) is 3. The van der Waals surface area contributed by atoms with Gasteiger partial charge in [0, 0.05) is 43.2 Å². The maximum atomic E-state index is 12.2. The molecule has 6 fully saturated rings. The maximum absolute atomic E-state index is 12.2. The van der Waals surface area contributed by atoms with Gasteiger partial charge in [-0.25, -0.2) is 73.6 Å². The number of nitrogens with zero attached hydrogens (tertiary/aromatic N) is 12. The van der Waals surface area contributed by atoms with E-state index in [1.54, 1.807) is 39.7 Å². The van der Waals surface area contributed by atoms with Crippen LogP contribution in [0.2, 0.25) is 0 Å². The van der Waals surface area contributed by atoms with Crippen LogP contribution in [0.25, 0.3) is 39.6 Å². The van der Waals surface area contributed by atoms with Crippen molar-refractivity contribution >= 4 is 116 Å². The van der Waals surface area contributed by atoms with Crippen molar-refractivity contribution in [1.82, 2.24) is 79.5 Å². The minimum Gasteiger partial charge on any atom is -0.478 e. The van der Waals surface area contributed by atoms with Crippen molar-refractivity contribution in [3.05, 3.63) is 219 Å². The first-order chi connectivity index (χ1) is 59.6. The van der Waals surface area contributed by atoms with Crippen LogP contribution >= 0.6 is 22.7 Å². The molecule has 18 rings (SSSR count). The number of amides is 6. The van der Waals surface area contributed by atoms with Crippen LogP contribution in [-0.2, 0) is 57.2 Å². The molecule has 10 N–H and O–H groups in total. The van der Waals surface area contributed by atoms with Crippen LogP contribution in [0.15, 0.2) is 170 Å². The lowest BCUT2D eigenvalue weighted by molar-refractivity contribution is -0.148. The van der Waals surface area contributed by atoms with Gasteiger partial charge in [-0.05, 0) is 142 Å². The number of carbonyl (C=O) groups excluding carboxylic acids is 3. The van der Waals surface area contributed by atoms with E-state index in [0.717, 1.165) is 52.6 Å². The molecule has 5 aliphatic heterocycles. The van der Waals surface area contributed by atoms with Crippen molar-refractivity contribution in [3.63, 3.8) is 0 Å². The predicted molar refractivity (Wildman–Crippen MR) is 445 cm³/mol. The van der Waals surface area contributed by atoms with E-state index < -0.39 is 61.4 Å². The fourth-order valence-corrected chi connectivity index (χ4v) is 18.0. The van der Waals surface area contributed by atoms with Crippen LogP contribution in [0.5, 0.6) is 0 Å². The molecule has 1 aliphatic carbocycles. The third kappa shape index (κ3) is 18.3. The first kappa shape index (κ1) is 83.3. The number of benzene rings is 3. The summed E-state index contributed by atoms with van der Waals surface area (Å²) in [5.74, 6) is -1.64. The molecule has 38 heteroatoms. The summed E-state index contributed by atoms with van der Waals surface area (Å²) in [4.78, 5) is 114. The van der Waals surface area contributed by atoms with Gasteiger partial charge >= 0.3 is 36.0 Å². The normalized spacial score (nSPS) is 23.6. The summed E-state index contributed by atoms with van der Waals surface area (Å²) in [6.07, 6.45) is 17.8. The lowest BCUT2D eigenvalue weighted by Crippen LogP contribution is -2.29. The second-order valence-electron chi connectivity index (χ2n) is 29.5. The van der Waals surface area contributed by atoms with Gasteiger partial charge in [0.2, 0.25) is 0 Å². The van der Waals surface area contributed by atoms with Crippen molar-refractivity contribution in [2.75, 3.05) is 35.6 Å². The number of ether oxygens (including phenoxy) is 8. The number of fused-ring (bicyclic) bond motifs is 6. The average molecular weight is 1700 g/mol. The van der Waals surface area contributed by atoms with Crippen LogP contribution in [0, 0.1) is 5.92 Å². The molecular formula is C84H89N19O17S2. The number of imidazole rings is 3. The topological polar surface area (TPSA) is 456 Å². The number of aromatic amines is 1. The molecule has 14 heterocycles. The van der Waals surface area contributed by atoms with Gasteiger partial charge < -0.3 is 78.7 Å². The smallest absolute Gasteiger partial charge is 0.346 e. The van der Waals surface area contributed by atoms with E-state index >= 15 is 0 Å². The summed E-state index contributed by atoms with van der Waals surface area (Å²) in [5.41, 5.74) is 8.50. The number of rotatable bonds is 28. The number of anilines is 3. The largest absolute Gasteiger partial charge is 0.478 e. The standard InChI is InChI=1S/C30H32N6O5S.C27H29N7O6.C27H28N6O6S/c1-2-31-30(39)35-27-23-28(33-16-32-27)36(17-34-23)21-15-20(10-6-9-19-13-14-42-26(19)29(37)38)24-25(21)41-22(40-24)12-11-18-7-4-3-5-8-18;1-2-29-27(37)33-22-19-23(31-13-30-22)34(14-32-19)24-21-20(39-26(40-21)15-7-4-3-5-8-15)18(38-24)10-6-9-16-11-28-12-17(16)25(35)36;1-2-28-27(36)32-22-18-23(30-13-29-22)33(14-31-18)24-20-19(38-26(39-20)16-7-4-3-5-8-16)17(37-24)10-6-9-15-11-12-40-21(15)25(34)35/h3-5,7-8,11-14,16-17,20-22,24-25H,2,6,9-10,15H2,1H3,(H,37,38)(H2,31,32,33,35,39);3-5,7-8,11-14,18,20-21,24,26,28H,2,6,9-10H2,1H3,(H,35,36)(H2,29,30,31,33,37);3-5,7-8,11-14,17,19-20,24,26H,2,6,9-10H2,1H3,(H,34,35)(H2,28,29,30,32,36)/b12-11+;;/t20?,21?,22-,24?,25?;18?,20?,21?,24?,26-;17?,19?,20?,24?,26-/m000/s1. The number of hydrogen-bond donors (Lipinski definition) is 10. The number of urea groups is 3. The molecule has 0 spiro atoms. The highest BCUT2D eigenvalue weighted by atomic mass is 32.1. The minimum absolute atomic E-state index is 0.0944. The van der Waals surface area contributed by atoms with Gasteiger partial charge in [-0.2, -0.15) is 0 Å². The Kier molecular flexibility index (Phi) is 26.0. The summed E-state index contributed by atoms with van der Waals surface area (Å²) in [6, 6.07) is 32.0. The summed E-state index contributed by atoms with van der Waals surface area (Å²) >= 11 is 2.50. The van der Waals surface area contributed by atoms with Gasteiger partial charge in [0.15, 0.2) is 82.3 Å². The Labute approximate surface area is 705 Å². The van der Waals surface area contributed by atoms with E-state index in [-0.39, 0.29) is 83.9 Å². The first-order valence-corrected chi connectivity index (χ1v) is 42.1. The van der Waals surface area contributed by atoms with Gasteiger partial charge in [-0.15, -0.1) is 22.7 Å². The van der Waals surface area contributed by atoms with E-state index in [9.17, 15) is 44.1 Å². The minimum atomic E-state index is -0.957. The number of carboxylic acids is 3. The number of aromatic nitrogens is 13. The summed E-state index contributed by atoms with van der Waals surface area (Å²) in [5, 5.41) is 48.2. The van der Waals surface area contributed by atoms with E-state index in [1.807, 2.05) is 146 Å². The van der Waals surface area contributed by atoms with E-state index in [4.69, 9.17) is 37.9 Å². The molecule has 12 aromatic rings. The molecule has 634 valence electrons. The molecule has 36 nitrogen and oxygen atoms in total. The highest BCUT2D eigenvalue weighted by molar-refractivity contribution is 7.12. The SMILES string of the molecule is CCNC(=O)Nc1ncnc2c1ncn2C1CC(CCCc2ccsc2C(=O)O)C2O[C@H](/C=C/c3ccccc3)OC21.CCNC(=O)Nc1ncnc2c1ncn2C1OC(CCCc2c[nH]cc2C(=O)O)C2O[C@H](c3ccccc3)OC21.CCNC(=O)Nc1ncnc2c1ncn2C1OC(CCCc2ccsc2C(=O)O)C2O[C@H](c3ccccc3)OC21. The maximum Gasteiger partial charge on any atom is 0.346 e. The van der Waals surface area contributed by atoms with Crippen molar-refractivity contribution in [2.45, 2.75) is 171 Å². The first-order valence-electron chi connectivity index (χ1n) is 40.3. The molecular weight excluding hydrogens is 1610 g/mol.